The number of methoxy groups -OCH3 is 1. The maximum atomic E-state index is 13.2. The Morgan fingerprint density at radius 1 is 1.00 bits per heavy atom. The third-order valence-corrected chi connectivity index (χ3v) is 6.13. The zero-order valence-corrected chi connectivity index (χ0v) is 21.6. The molecule has 7 heteroatoms. The van der Waals surface area contributed by atoms with Crippen LogP contribution in [0, 0.1) is 6.92 Å². The Morgan fingerprint density at radius 2 is 1.68 bits per heavy atom. The zero-order valence-electron chi connectivity index (χ0n) is 21.6. The minimum Gasteiger partial charge on any atom is -0.496 e. The Bertz CT molecular complexity index is 1360. The monoisotopic (exact) mass is 496 g/mol. The van der Waals surface area contributed by atoms with Crippen LogP contribution in [0.3, 0.4) is 0 Å². The fraction of sp³-hybridized carbons (Fsp3) is 0.233. The molecule has 4 rings (SSSR count). The van der Waals surface area contributed by atoms with Crippen LogP contribution >= 0.6 is 0 Å². The average molecular weight is 497 g/mol. The summed E-state index contributed by atoms with van der Waals surface area (Å²) in [6, 6.07) is 25.0. The van der Waals surface area contributed by atoms with Crippen molar-refractivity contribution in [1.29, 1.82) is 0 Å². The first kappa shape index (κ1) is 25.7. The molecule has 2 amide bonds. The van der Waals surface area contributed by atoms with Gasteiger partial charge in [-0.1, -0.05) is 60.7 Å². The Morgan fingerprint density at radius 3 is 2.30 bits per heavy atom. The zero-order chi connectivity index (χ0) is 26.4. The van der Waals surface area contributed by atoms with Crippen molar-refractivity contribution in [3.05, 3.63) is 96.2 Å². The highest BCUT2D eigenvalue weighted by molar-refractivity contribution is 5.94. The number of carbonyl (C=O) groups excluding carboxylic acids is 2. The molecule has 0 atom stereocenters. The number of aromatic nitrogens is 2. The molecule has 0 aliphatic carbocycles. The largest absolute Gasteiger partial charge is 0.496 e. The molecule has 3 aromatic carbocycles. The highest BCUT2D eigenvalue weighted by Crippen LogP contribution is 2.24. The van der Waals surface area contributed by atoms with Gasteiger partial charge in [-0.15, -0.1) is 0 Å². The summed E-state index contributed by atoms with van der Waals surface area (Å²) in [6.45, 7) is 5.68. The van der Waals surface area contributed by atoms with Gasteiger partial charge in [0.2, 0.25) is 17.8 Å². The molecule has 37 heavy (non-hydrogen) atoms. The second-order valence-electron chi connectivity index (χ2n) is 9.17. The van der Waals surface area contributed by atoms with Crippen molar-refractivity contribution in [2.24, 2.45) is 0 Å². The van der Waals surface area contributed by atoms with E-state index in [0.29, 0.717) is 5.95 Å². The van der Waals surface area contributed by atoms with Gasteiger partial charge >= 0.3 is 0 Å². The molecule has 0 fully saturated rings. The first-order valence-corrected chi connectivity index (χ1v) is 12.3. The lowest BCUT2D eigenvalue weighted by molar-refractivity contribution is -0.135. The number of rotatable bonds is 9. The minimum atomic E-state index is -0.310. The lowest BCUT2D eigenvalue weighted by atomic mass is 10.1. The predicted octanol–water partition coefficient (Wildman–Crippen LogP) is 5.27. The maximum absolute atomic E-state index is 13.2. The van der Waals surface area contributed by atoms with Gasteiger partial charge in [0.25, 0.3) is 0 Å². The van der Waals surface area contributed by atoms with Gasteiger partial charge < -0.3 is 9.64 Å². The highest BCUT2D eigenvalue weighted by Gasteiger charge is 2.22. The summed E-state index contributed by atoms with van der Waals surface area (Å²) in [5, 5.41) is 2.93. The first-order chi connectivity index (χ1) is 17.9. The number of hydrogen-bond acceptors (Lipinski definition) is 4. The molecule has 0 saturated carbocycles. The number of ether oxygens (including phenoxy) is 1. The standard InChI is InChI=1S/C30H32N4O3/c1-21(2)33(29(36)18-23-15-16-27(37-4)22(3)17-23)20-28(35)32-30-31-26(24-11-7-5-8-12-24)19-34(30)25-13-9-6-10-14-25/h5-17,19,21H,18,20H2,1-4H3,(H,31,32,35). The molecule has 190 valence electrons. The molecule has 0 saturated heterocycles. The van der Waals surface area contributed by atoms with E-state index >= 15 is 0 Å². The van der Waals surface area contributed by atoms with Gasteiger partial charge in [-0.3, -0.25) is 19.5 Å². The normalized spacial score (nSPS) is 10.8. The van der Waals surface area contributed by atoms with E-state index in [4.69, 9.17) is 9.72 Å². The molecular formula is C30H32N4O3. The SMILES string of the molecule is COc1ccc(CC(=O)N(CC(=O)Nc2nc(-c3ccccc3)cn2-c2ccccc2)C(C)C)cc1C. The Balaban J connectivity index is 1.53. The third kappa shape index (κ3) is 6.25. The van der Waals surface area contributed by atoms with Crippen LogP contribution in [-0.4, -0.2) is 46.0 Å². The van der Waals surface area contributed by atoms with Crippen molar-refractivity contribution in [3.8, 4) is 22.7 Å². The van der Waals surface area contributed by atoms with Crippen molar-refractivity contribution in [3.63, 3.8) is 0 Å². The summed E-state index contributed by atoms with van der Waals surface area (Å²) in [5.41, 5.74) is 4.40. The molecule has 0 spiro atoms. The Labute approximate surface area is 217 Å². The fourth-order valence-electron chi connectivity index (χ4n) is 4.21. The smallest absolute Gasteiger partial charge is 0.246 e. The lowest BCUT2D eigenvalue weighted by Crippen LogP contribution is -2.43. The lowest BCUT2D eigenvalue weighted by Gasteiger charge is -2.26. The third-order valence-electron chi connectivity index (χ3n) is 6.13. The molecule has 1 heterocycles. The first-order valence-electron chi connectivity index (χ1n) is 12.3. The van der Waals surface area contributed by atoms with Crippen LogP contribution in [0.2, 0.25) is 0 Å². The molecule has 0 bridgehead atoms. The number of imidazole rings is 1. The number of para-hydroxylation sites is 1. The second kappa shape index (κ2) is 11.6. The number of hydrogen-bond donors (Lipinski definition) is 1. The summed E-state index contributed by atoms with van der Waals surface area (Å²) in [7, 11) is 1.62. The van der Waals surface area contributed by atoms with Crippen LogP contribution in [0.1, 0.15) is 25.0 Å². The van der Waals surface area contributed by atoms with Gasteiger partial charge in [-0.05, 0) is 50.1 Å². The predicted molar refractivity (Wildman–Crippen MR) is 146 cm³/mol. The molecule has 0 aliphatic rings. The van der Waals surface area contributed by atoms with Gasteiger partial charge in [0, 0.05) is 23.5 Å². The van der Waals surface area contributed by atoms with Crippen LogP contribution in [-0.2, 0) is 16.0 Å². The van der Waals surface area contributed by atoms with E-state index < -0.39 is 0 Å². The quantitative estimate of drug-likeness (QED) is 0.342. The van der Waals surface area contributed by atoms with E-state index in [1.165, 1.54) is 0 Å². The Hall–Kier alpha value is -4.39. The topological polar surface area (TPSA) is 76.5 Å². The van der Waals surface area contributed by atoms with Crippen molar-refractivity contribution in [1.82, 2.24) is 14.5 Å². The van der Waals surface area contributed by atoms with Crippen molar-refractivity contribution in [2.45, 2.75) is 33.2 Å². The van der Waals surface area contributed by atoms with Gasteiger partial charge in [0.15, 0.2) is 0 Å². The number of nitrogens with zero attached hydrogens (tertiary/aromatic N) is 3. The van der Waals surface area contributed by atoms with Crippen molar-refractivity contribution < 1.29 is 14.3 Å². The number of benzene rings is 3. The van der Waals surface area contributed by atoms with Gasteiger partial charge in [0.05, 0.1) is 19.2 Å². The fourth-order valence-corrected chi connectivity index (χ4v) is 4.21. The molecule has 4 aromatic rings. The van der Waals surface area contributed by atoms with E-state index in [0.717, 1.165) is 33.8 Å². The van der Waals surface area contributed by atoms with Crippen LogP contribution in [0.15, 0.2) is 85.1 Å². The van der Waals surface area contributed by atoms with Gasteiger partial charge in [0.1, 0.15) is 12.3 Å². The highest BCUT2D eigenvalue weighted by atomic mass is 16.5. The Kier molecular flexibility index (Phi) is 8.03. The van der Waals surface area contributed by atoms with Crippen molar-refractivity contribution in [2.75, 3.05) is 19.0 Å². The van der Waals surface area contributed by atoms with Crippen LogP contribution in [0.5, 0.6) is 5.75 Å². The van der Waals surface area contributed by atoms with Crippen LogP contribution in [0.4, 0.5) is 5.95 Å². The average Bonchev–Trinajstić information content (AvgIpc) is 3.32. The minimum absolute atomic E-state index is 0.0754. The number of amides is 2. The molecule has 7 nitrogen and oxygen atoms in total. The van der Waals surface area contributed by atoms with E-state index in [1.54, 1.807) is 12.0 Å². The number of nitrogens with one attached hydrogen (secondary N) is 1. The molecule has 1 N–H and O–H groups in total. The van der Waals surface area contributed by atoms with Gasteiger partial charge in [-0.25, -0.2) is 4.98 Å². The summed E-state index contributed by atoms with van der Waals surface area (Å²) < 4.78 is 7.16. The number of anilines is 1. The maximum Gasteiger partial charge on any atom is 0.246 e. The summed E-state index contributed by atoms with van der Waals surface area (Å²) in [5.74, 6) is 0.749. The van der Waals surface area contributed by atoms with Crippen LogP contribution in [0.25, 0.3) is 16.9 Å². The molecule has 0 unspecified atom stereocenters. The molecular weight excluding hydrogens is 464 g/mol. The molecule has 0 aliphatic heterocycles. The second-order valence-corrected chi connectivity index (χ2v) is 9.17. The number of aryl methyl sites for hydroxylation is 1. The van der Waals surface area contributed by atoms with E-state index in [9.17, 15) is 9.59 Å². The molecule has 0 radical (unpaired) electrons. The summed E-state index contributed by atoms with van der Waals surface area (Å²) in [6.07, 6.45) is 2.10. The summed E-state index contributed by atoms with van der Waals surface area (Å²) >= 11 is 0. The molecule has 1 aromatic heterocycles. The van der Waals surface area contributed by atoms with E-state index in [1.807, 2.05) is 110 Å². The van der Waals surface area contributed by atoms with E-state index in [2.05, 4.69) is 5.32 Å². The summed E-state index contributed by atoms with van der Waals surface area (Å²) in [4.78, 5) is 32.6. The number of carbonyl (C=O) groups is 2. The van der Waals surface area contributed by atoms with E-state index in [-0.39, 0.29) is 30.8 Å². The van der Waals surface area contributed by atoms with Crippen LogP contribution < -0.4 is 10.1 Å². The van der Waals surface area contributed by atoms with Gasteiger partial charge in [-0.2, -0.15) is 0 Å². The van der Waals surface area contributed by atoms with Crippen molar-refractivity contribution >= 4 is 17.8 Å².